The average molecular weight is 467 g/mol. The van der Waals surface area contributed by atoms with Gasteiger partial charge in [0.05, 0.1) is 22.2 Å². The van der Waals surface area contributed by atoms with Gasteiger partial charge >= 0.3 is 6.36 Å². The smallest absolute Gasteiger partial charge is 0.406 e. The average Bonchev–Trinajstić information content (AvgIpc) is 2.77. The van der Waals surface area contributed by atoms with E-state index in [0.29, 0.717) is 24.1 Å². The third kappa shape index (κ3) is 5.99. The lowest BCUT2D eigenvalue weighted by Crippen LogP contribution is -2.40. The highest BCUT2D eigenvalue weighted by molar-refractivity contribution is 7.89. The molecule has 0 amide bonds. The zero-order chi connectivity index (χ0) is 23.4. The van der Waals surface area contributed by atoms with Crippen LogP contribution in [-0.2, 0) is 14.9 Å². The summed E-state index contributed by atoms with van der Waals surface area (Å²) >= 11 is 0. The van der Waals surface area contributed by atoms with Crippen LogP contribution in [0.4, 0.5) is 13.2 Å². The van der Waals surface area contributed by atoms with E-state index in [1.807, 2.05) is 6.07 Å². The Morgan fingerprint density at radius 2 is 1.81 bits per heavy atom. The molecule has 1 aliphatic heterocycles. The van der Waals surface area contributed by atoms with E-state index in [1.165, 1.54) is 4.31 Å². The molecule has 0 spiro atoms. The van der Waals surface area contributed by atoms with Crippen molar-refractivity contribution in [3.05, 3.63) is 59.7 Å². The van der Waals surface area contributed by atoms with Crippen LogP contribution in [0.25, 0.3) is 0 Å². The fraction of sp³-hybridized carbons (Fsp3) is 0.333. The van der Waals surface area contributed by atoms with E-state index in [-0.39, 0.29) is 24.1 Å². The first kappa shape index (κ1) is 23.6. The van der Waals surface area contributed by atoms with Crippen molar-refractivity contribution in [2.75, 3.05) is 13.1 Å². The van der Waals surface area contributed by atoms with Crippen molar-refractivity contribution in [2.24, 2.45) is 5.16 Å². The third-order valence-corrected chi connectivity index (χ3v) is 6.76. The molecule has 1 saturated heterocycles. The molecular weight excluding hydrogens is 447 g/mol. The summed E-state index contributed by atoms with van der Waals surface area (Å²) in [5, 5.41) is 13.1. The molecule has 2 aromatic rings. The molecule has 0 atom stereocenters. The number of oxime groups is 1. The van der Waals surface area contributed by atoms with E-state index in [0.717, 1.165) is 29.8 Å². The number of sulfonamides is 1. The Balaban J connectivity index is 1.58. The van der Waals surface area contributed by atoms with Crippen LogP contribution in [0, 0.1) is 11.3 Å². The van der Waals surface area contributed by atoms with Gasteiger partial charge in [0.15, 0.2) is 0 Å². The number of halogens is 3. The molecule has 32 heavy (non-hydrogen) atoms. The zero-order valence-corrected chi connectivity index (χ0v) is 17.9. The molecule has 0 saturated carbocycles. The van der Waals surface area contributed by atoms with E-state index in [4.69, 9.17) is 10.1 Å². The van der Waals surface area contributed by atoms with Gasteiger partial charge in [-0.3, -0.25) is 0 Å². The van der Waals surface area contributed by atoms with Crippen LogP contribution in [0.1, 0.15) is 30.9 Å². The van der Waals surface area contributed by atoms with Crippen LogP contribution in [0.2, 0.25) is 0 Å². The fourth-order valence-electron chi connectivity index (χ4n) is 3.16. The Kier molecular flexibility index (Phi) is 7.06. The summed E-state index contributed by atoms with van der Waals surface area (Å²) in [4.78, 5) is 5.45. The standard InChI is InChI=1S/C21H20F3N3O4S/c1-15(17-4-2-3-16(13-17)14-25)26-31-19-9-11-27(12-10-19)32(28,29)20-7-5-18(6-8-20)30-21(22,23)24/h2-8,13,19H,9-12H2,1H3/b26-15-. The summed E-state index contributed by atoms with van der Waals surface area (Å²) in [5.41, 5.74) is 1.86. The first-order chi connectivity index (χ1) is 15.1. The first-order valence-electron chi connectivity index (χ1n) is 9.65. The lowest BCUT2D eigenvalue weighted by Gasteiger charge is -2.30. The van der Waals surface area contributed by atoms with E-state index < -0.39 is 22.1 Å². The predicted octanol–water partition coefficient (Wildman–Crippen LogP) is 4.05. The van der Waals surface area contributed by atoms with Gasteiger partial charge in [-0.2, -0.15) is 9.57 Å². The second kappa shape index (κ2) is 9.58. The Hall–Kier alpha value is -3.10. The molecule has 0 radical (unpaired) electrons. The number of hydrogen-bond donors (Lipinski definition) is 0. The molecule has 11 heteroatoms. The largest absolute Gasteiger partial charge is 0.573 e. The molecular formula is C21H20F3N3O4S. The summed E-state index contributed by atoms with van der Waals surface area (Å²) in [5.74, 6) is -0.489. The molecule has 7 nitrogen and oxygen atoms in total. The fourth-order valence-corrected chi connectivity index (χ4v) is 4.63. The van der Waals surface area contributed by atoms with Crippen LogP contribution in [0.5, 0.6) is 5.75 Å². The maximum Gasteiger partial charge on any atom is 0.573 e. The maximum atomic E-state index is 12.8. The predicted molar refractivity (Wildman–Crippen MR) is 109 cm³/mol. The van der Waals surface area contributed by atoms with Crippen molar-refractivity contribution in [3.63, 3.8) is 0 Å². The van der Waals surface area contributed by atoms with Crippen molar-refractivity contribution in [3.8, 4) is 11.8 Å². The number of piperidine rings is 1. The molecule has 0 unspecified atom stereocenters. The number of benzene rings is 2. The highest BCUT2D eigenvalue weighted by Gasteiger charge is 2.32. The van der Waals surface area contributed by atoms with Crippen LogP contribution in [0.3, 0.4) is 0 Å². The molecule has 0 aromatic heterocycles. The van der Waals surface area contributed by atoms with Crippen LogP contribution in [-0.4, -0.2) is 44.0 Å². The van der Waals surface area contributed by atoms with E-state index in [9.17, 15) is 21.6 Å². The highest BCUT2D eigenvalue weighted by Crippen LogP contribution is 2.27. The normalized spacial score (nSPS) is 16.4. The summed E-state index contributed by atoms with van der Waals surface area (Å²) < 4.78 is 67.4. The Morgan fingerprint density at radius 1 is 1.16 bits per heavy atom. The minimum atomic E-state index is -4.85. The van der Waals surface area contributed by atoms with Gasteiger partial charge in [0.25, 0.3) is 0 Å². The molecule has 1 aliphatic rings. The van der Waals surface area contributed by atoms with Gasteiger partial charge in [-0.25, -0.2) is 8.42 Å². The topological polar surface area (TPSA) is 92.0 Å². The van der Waals surface area contributed by atoms with Crippen LogP contribution >= 0.6 is 0 Å². The van der Waals surface area contributed by atoms with Gasteiger partial charge in [-0.15, -0.1) is 13.2 Å². The van der Waals surface area contributed by atoms with Gasteiger partial charge < -0.3 is 9.57 Å². The summed E-state index contributed by atoms with van der Waals surface area (Å²) in [6.07, 6.45) is -4.31. The maximum absolute atomic E-state index is 12.8. The van der Waals surface area contributed by atoms with Crippen molar-refractivity contribution >= 4 is 15.7 Å². The van der Waals surface area contributed by atoms with Gasteiger partial charge in [-0.1, -0.05) is 17.3 Å². The van der Waals surface area contributed by atoms with Gasteiger partial charge in [0.1, 0.15) is 11.9 Å². The molecule has 0 N–H and O–H groups in total. The summed E-state index contributed by atoms with van der Waals surface area (Å²) in [6, 6.07) is 13.1. The quantitative estimate of drug-likeness (QED) is 0.472. The van der Waals surface area contributed by atoms with Crippen molar-refractivity contribution in [1.29, 1.82) is 5.26 Å². The lowest BCUT2D eigenvalue weighted by molar-refractivity contribution is -0.274. The first-order valence-corrected chi connectivity index (χ1v) is 11.1. The summed E-state index contributed by atoms with van der Waals surface area (Å²) in [6.45, 7) is 2.13. The SMILES string of the molecule is C/C(=N/OC1CCN(S(=O)(=O)c2ccc(OC(F)(F)F)cc2)CC1)c1cccc(C#N)c1. The van der Waals surface area contributed by atoms with Gasteiger partial charge in [-0.05, 0) is 43.3 Å². The minimum absolute atomic E-state index is 0.113. The van der Waals surface area contributed by atoms with E-state index >= 15 is 0 Å². The van der Waals surface area contributed by atoms with Crippen molar-refractivity contribution < 1.29 is 31.2 Å². The molecule has 0 aliphatic carbocycles. The monoisotopic (exact) mass is 467 g/mol. The van der Waals surface area contributed by atoms with E-state index in [1.54, 1.807) is 25.1 Å². The molecule has 2 aromatic carbocycles. The second-order valence-corrected chi connectivity index (χ2v) is 9.04. The number of nitrogens with zero attached hydrogens (tertiary/aromatic N) is 3. The number of nitriles is 1. The number of ether oxygens (including phenoxy) is 1. The minimum Gasteiger partial charge on any atom is -0.406 e. The number of hydrogen-bond acceptors (Lipinski definition) is 6. The third-order valence-electron chi connectivity index (χ3n) is 4.84. The van der Waals surface area contributed by atoms with Crippen molar-refractivity contribution in [1.82, 2.24) is 4.31 Å². The van der Waals surface area contributed by atoms with Gasteiger partial charge in [0.2, 0.25) is 10.0 Å². The van der Waals surface area contributed by atoms with Crippen molar-refractivity contribution in [2.45, 2.75) is 37.1 Å². The van der Waals surface area contributed by atoms with Gasteiger partial charge in [0, 0.05) is 31.5 Å². The van der Waals surface area contributed by atoms with Crippen LogP contribution < -0.4 is 4.74 Å². The molecule has 1 fully saturated rings. The van der Waals surface area contributed by atoms with E-state index in [2.05, 4.69) is 16.0 Å². The molecule has 3 rings (SSSR count). The second-order valence-electron chi connectivity index (χ2n) is 7.10. The lowest BCUT2D eigenvalue weighted by atomic mass is 10.1. The molecule has 0 bridgehead atoms. The molecule has 1 heterocycles. The Morgan fingerprint density at radius 3 is 2.41 bits per heavy atom. The number of rotatable bonds is 6. The molecule has 170 valence electrons. The Labute approximate surface area is 183 Å². The summed E-state index contributed by atoms with van der Waals surface area (Å²) in [7, 11) is -3.85. The highest BCUT2D eigenvalue weighted by atomic mass is 32.2. The zero-order valence-electron chi connectivity index (χ0n) is 17.0. The number of alkyl halides is 3. The Bertz CT molecular complexity index is 1120. The van der Waals surface area contributed by atoms with Crippen LogP contribution in [0.15, 0.2) is 58.6 Å².